The van der Waals surface area contributed by atoms with Crippen LogP contribution < -0.4 is 24.3 Å². The number of hydrogen-bond donors (Lipinski definition) is 2. The van der Waals surface area contributed by atoms with Crippen molar-refractivity contribution in [1.82, 2.24) is 5.32 Å². The first-order valence-electron chi connectivity index (χ1n) is 9.06. The Bertz CT molecular complexity index is 1090. The summed E-state index contributed by atoms with van der Waals surface area (Å²) >= 11 is 7.38. The number of ether oxygens (including phenoxy) is 4. The molecule has 1 fully saturated rings. The Morgan fingerprint density at radius 3 is 2.52 bits per heavy atom. The van der Waals surface area contributed by atoms with E-state index in [4.69, 9.17) is 36.0 Å². The molecule has 1 amide bonds. The van der Waals surface area contributed by atoms with Crippen LogP contribution in [0.4, 0.5) is 0 Å². The van der Waals surface area contributed by atoms with Crippen molar-refractivity contribution in [3.8, 4) is 23.0 Å². The highest BCUT2D eigenvalue weighted by molar-refractivity contribution is 8.18. The number of rotatable bonds is 7. The Labute approximate surface area is 188 Å². The van der Waals surface area contributed by atoms with E-state index >= 15 is 0 Å². The van der Waals surface area contributed by atoms with Gasteiger partial charge in [-0.3, -0.25) is 10.2 Å². The predicted octanol–water partition coefficient (Wildman–Crippen LogP) is 4.11. The van der Waals surface area contributed by atoms with Gasteiger partial charge in [0.2, 0.25) is 0 Å². The molecule has 8 nitrogen and oxygen atoms in total. The molecule has 1 aliphatic heterocycles. The van der Waals surface area contributed by atoms with Crippen LogP contribution in [0.15, 0.2) is 35.2 Å². The number of carbonyl (C=O) groups is 2. The standard InChI is InChI=1S/C21H19ClN2O6S/c1-4-29-16-8-11(9-17-19(25)24-21(23)31-17)7-13(22)18(16)30-20(26)12-5-6-14(27-2)15(10-12)28-3/h5-10H,4H2,1-3H3,(H2,23,24,25). The fourth-order valence-electron chi connectivity index (χ4n) is 2.74. The molecule has 3 rings (SSSR count). The van der Waals surface area contributed by atoms with Gasteiger partial charge in [0.05, 0.1) is 36.3 Å². The van der Waals surface area contributed by atoms with Crippen molar-refractivity contribution < 1.29 is 28.5 Å². The van der Waals surface area contributed by atoms with Crippen molar-refractivity contribution in [3.05, 3.63) is 51.4 Å². The number of esters is 1. The van der Waals surface area contributed by atoms with Crippen LogP contribution in [0, 0.1) is 5.41 Å². The topological polar surface area (TPSA) is 107 Å². The lowest BCUT2D eigenvalue weighted by Crippen LogP contribution is -2.18. The van der Waals surface area contributed by atoms with Gasteiger partial charge in [-0.15, -0.1) is 0 Å². The smallest absolute Gasteiger partial charge is 0.343 e. The van der Waals surface area contributed by atoms with Crippen molar-refractivity contribution in [2.24, 2.45) is 0 Å². The second-order valence-corrected chi connectivity index (χ2v) is 7.58. The maximum absolute atomic E-state index is 12.7. The summed E-state index contributed by atoms with van der Waals surface area (Å²) in [5.74, 6) is 0.136. The minimum Gasteiger partial charge on any atom is -0.493 e. The predicted molar refractivity (Wildman–Crippen MR) is 119 cm³/mol. The van der Waals surface area contributed by atoms with Gasteiger partial charge in [0.15, 0.2) is 28.2 Å². The van der Waals surface area contributed by atoms with E-state index in [1.165, 1.54) is 20.3 Å². The third-order valence-electron chi connectivity index (χ3n) is 4.11. The van der Waals surface area contributed by atoms with Crippen LogP contribution >= 0.6 is 23.4 Å². The number of thioether (sulfide) groups is 1. The fraction of sp³-hybridized carbons (Fsp3) is 0.190. The van der Waals surface area contributed by atoms with Crippen LogP contribution in [-0.2, 0) is 4.79 Å². The van der Waals surface area contributed by atoms with Gasteiger partial charge < -0.3 is 24.3 Å². The van der Waals surface area contributed by atoms with Crippen LogP contribution in [0.2, 0.25) is 5.02 Å². The summed E-state index contributed by atoms with van der Waals surface area (Å²) in [5.41, 5.74) is 0.798. The molecule has 1 saturated heterocycles. The van der Waals surface area contributed by atoms with Gasteiger partial charge in [-0.05, 0) is 60.7 Å². The molecular formula is C21H19ClN2O6S. The second kappa shape index (κ2) is 9.76. The summed E-state index contributed by atoms with van der Waals surface area (Å²) in [6, 6.07) is 7.79. The minimum atomic E-state index is -0.658. The molecule has 10 heteroatoms. The van der Waals surface area contributed by atoms with Crippen molar-refractivity contribution in [3.63, 3.8) is 0 Å². The second-order valence-electron chi connectivity index (χ2n) is 6.12. The Hall–Kier alpha value is -3.17. The number of nitrogens with one attached hydrogen (secondary N) is 2. The lowest BCUT2D eigenvalue weighted by Gasteiger charge is -2.14. The largest absolute Gasteiger partial charge is 0.493 e. The molecule has 0 saturated carbocycles. The average Bonchev–Trinajstić information content (AvgIpc) is 3.06. The average molecular weight is 463 g/mol. The molecule has 162 valence electrons. The van der Waals surface area contributed by atoms with E-state index in [9.17, 15) is 9.59 Å². The molecule has 0 radical (unpaired) electrons. The van der Waals surface area contributed by atoms with Gasteiger partial charge >= 0.3 is 5.97 Å². The van der Waals surface area contributed by atoms with Gasteiger partial charge in [0.1, 0.15) is 0 Å². The molecule has 2 aromatic carbocycles. The zero-order valence-corrected chi connectivity index (χ0v) is 18.5. The summed E-state index contributed by atoms with van der Waals surface area (Å²) in [7, 11) is 2.96. The van der Waals surface area contributed by atoms with Crippen molar-refractivity contribution in [1.29, 1.82) is 5.41 Å². The molecule has 0 aromatic heterocycles. The first-order valence-corrected chi connectivity index (χ1v) is 10.3. The maximum Gasteiger partial charge on any atom is 0.343 e. The molecule has 1 heterocycles. The lowest BCUT2D eigenvalue weighted by atomic mass is 10.1. The van der Waals surface area contributed by atoms with E-state index in [-0.39, 0.29) is 33.2 Å². The Morgan fingerprint density at radius 1 is 1.16 bits per heavy atom. The monoisotopic (exact) mass is 462 g/mol. The zero-order chi connectivity index (χ0) is 22.5. The van der Waals surface area contributed by atoms with Crippen LogP contribution in [-0.4, -0.2) is 37.9 Å². The highest BCUT2D eigenvalue weighted by atomic mass is 35.5. The van der Waals surface area contributed by atoms with Gasteiger partial charge in [0.25, 0.3) is 5.91 Å². The number of methoxy groups -OCH3 is 2. The van der Waals surface area contributed by atoms with Crippen molar-refractivity contribution >= 4 is 46.5 Å². The van der Waals surface area contributed by atoms with Crippen molar-refractivity contribution in [2.45, 2.75) is 6.92 Å². The third kappa shape index (κ3) is 5.12. The number of amides is 1. The number of amidine groups is 1. The van der Waals surface area contributed by atoms with Gasteiger partial charge in [-0.25, -0.2) is 4.79 Å². The summed E-state index contributed by atoms with van der Waals surface area (Å²) in [5, 5.41) is 10.1. The van der Waals surface area contributed by atoms with Crippen LogP contribution in [0.5, 0.6) is 23.0 Å². The molecule has 0 aliphatic carbocycles. The van der Waals surface area contributed by atoms with Crippen molar-refractivity contribution in [2.75, 3.05) is 20.8 Å². The lowest BCUT2D eigenvalue weighted by molar-refractivity contribution is -0.115. The van der Waals surface area contributed by atoms with Gasteiger partial charge in [0, 0.05) is 0 Å². The molecule has 0 unspecified atom stereocenters. The van der Waals surface area contributed by atoms with E-state index in [1.54, 1.807) is 37.3 Å². The normalized spacial score (nSPS) is 14.4. The molecule has 2 aromatic rings. The highest BCUT2D eigenvalue weighted by Gasteiger charge is 2.23. The van der Waals surface area contributed by atoms with Gasteiger partial charge in [-0.2, -0.15) is 0 Å². The summed E-state index contributed by atoms with van der Waals surface area (Å²) < 4.78 is 21.5. The summed E-state index contributed by atoms with van der Waals surface area (Å²) in [4.78, 5) is 24.9. The maximum atomic E-state index is 12.7. The van der Waals surface area contributed by atoms with E-state index in [1.807, 2.05) is 0 Å². The summed E-state index contributed by atoms with van der Waals surface area (Å²) in [6.07, 6.45) is 1.58. The minimum absolute atomic E-state index is 0.0489. The molecule has 0 atom stereocenters. The summed E-state index contributed by atoms with van der Waals surface area (Å²) in [6.45, 7) is 2.08. The van der Waals surface area contributed by atoms with Crippen LogP contribution in [0.1, 0.15) is 22.8 Å². The Balaban J connectivity index is 1.92. The van der Waals surface area contributed by atoms with Gasteiger partial charge in [-0.1, -0.05) is 11.6 Å². The number of carbonyl (C=O) groups excluding carboxylic acids is 2. The van der Waals surface area contributed by atoms with Crippen LogP contribution in [0.3, 0.4) is 0 Å². The Kier molecular flexibility index (Phi) is 7.09. The highest BCUT2D eigenvalue weighted by Crippen LogP contribution is 2.39. The molecule has 31 heavy (non-hydrogen) atoms. The van der Waals surface area contributed by atoms with E-state index < -0.39 is 5.97 Å². The third-order valence-corrected chi connectivity index (χ3v) is 5.22. The number of halogens is 1. The zero-order valence-electron chi connectivity index (χ0n) is 16.9. The SMILES string of the molecule is CCOc1cc(C=C2SC(=N)NC2=O)cc(Cl)c1OC(=O)c1ccc(OC)c(OC)c1. The van der Waals surface area contributed by atoms with E-state index in [0.29, 0.717) is 28.6 Å². The first-order chi connectivity index (χ1) is 14.9. The van der Waals surface area contributed by atoms with E-state index in [2.05, 4.69) is 5.32 Å². The Morgan fingerprint density at radius 2 is 1.90 bits per heavy atom. The van der Waals surface area contributed by atoms with E-state index in [0.717, 1.165) is 11.8 Å². The first kappa shape index (κ1) is 22.5. The number of benzene rings is 2. The fourth-order valence-corrected chi connectivity index (χ4v) is 3.70. The quantitative estimate of drug-likeness (QED) is 0.362. The molecule has 2 N–H and O–H groups in total. The molecule has 1 aliphatic rings. The molecule has 0 spiro atoms. The number of hydrogen-bond acceptors (Lipinski definition) is 8. The molecule has 0 bridgehead atoms. The van der Waals surface area contributed by atoms with Crippen LogP contribution in [0.25, 0.3) is 6.08 Å². The molecular weight excluding hydrogens is 444 g/mol.